The Balaban J connectivity index is 1.68. The summed E-state index contributed by atoms with van der Waals surface area (Å²) in [5, 5.41) is 17.3. The molecule has 2 aromatic heterocycles. The van der Waals surface area contributed by atoms with Crippen LogP contribution in [0.2, 0.25) is 0 Å². The molecule has 3 rings (SSSR count). The summed E-state index contributed by atoms with van der Waals surface area (Å²) >= 11 is 0. The van der Waals surface area contributed by atoms with E-state index in [2.05, 4.69) is 20.3 Å². The molecular formula is C17H17F2N5O2. The van der Waals surface area contributed by atoms with E-state index in [1.165, 1.54) is 35.3 Å². The first kappa shape index (κ1) is 17.9. The Bertz CT molecular complexity index is 875. The standard InChI is InChI=1S/C17H17F2N5O2/c1-11(25)12-7-20-16(21-8-12)26-10-14-9-24(23-22-14)15-5-3-4-13(6-15)17(2,18)19/h3-9,11,25H,10H2,1-2H3. The SMILES string of the molecule is CC(O)c1cnc(OCc2cn(-c3cccc(C(C)(F)F)c3)nn2)nc1. The maximum Gasteiger partial charge on any atom is 0.316 e. The van der Waals surface area contributed by atoms with Crippen LogP contribution in [0, 0.1) is 0 Å². The van der Waals surface area contributed by atoms with Gasteiger partial charge in [-0.3, -0.25) is 0 Å². The largest absolute Gasteiger partial charge is 0.457 e. The van der Waals surface area contributed by atoms with Gasteiger partial charge in [0.05, 0.1) is 18.0 Å². The molecule has 1 atom stereocenters. The molecule has 0 saturated carbocycles. The molecule has 0 aliphatic heterocycles. The van der Waals surface area contributed by atoms with Gasteiger partial charge in [-0.2, -0.15) is 0 Å². The predicted molar refractivity (Wildman–Crippen MR) is 87.9 cm³/mol. The Morgan fingerprint density at radius 2 is 2.00 bits per heavy atom. The Hall–Kier alpha value is -2.94. The highest BCUT2D eigenvalue weighted by molar-refractivity contribution is 5.36. The van der Waals surface area contributed by atoms with Gasteiger partial charge in [0.2, 0.25) is 0 Å². The molecule has 1 unspecified atom stereocenters. The lowest BCUT2D eigenvalue weighted by Crippen LogP contribution is -2.08. The van der Waals surface area contributed by atoms with E-state index in [9.17, 15) is 13.9 Å². The summed E-state index contributed by atoms with van der Waals surface area (Å²) in [6.45, 7) is 2.52. The normalized spacial score (nSPS) is 12.8. The van der Waals surface area contributed by atoms with E-state index in [0.717, 1.165) is 6.92 Å². The Labute approximate surface area is 148 Å². The van der Waals surface area contributed by atoms with Crippen molar-refractivity contribution in [3.8, 4) is 11.7 Å². The molecule has 3 aromatic rings. The third-order valence-corrected chi connectivity index (χ3v) is 3.64. The smallest absolute Gasteiger partial charge is 0.316 e. The summed E-state index contributed by atoms with van der Waals surface area (Å²) in [5.74, 6) is -2.93. The lowest BCUT2D eigenvalue weighted by atomic mass is 10.1. The van der Waals surface area contributed by atoms with Crippen molar-refractivity contribution >= 4 is 0 Å². The summed E-state index contributed by atoms with van der Waals surface area (Å²) in [5.41, 5.74) is 1.44. The van der Waals surface area contributed by atoms with E-state index in [1.807, 2.05) is 0 Å². The van der Waals surface area contributed by atoms with Crippen LogP contribution in [0.3, 0.4) is 0 Å². The zero-order valence-electron chi connectivity index (χ0n) is 14.2. The molecule has 0 fully saturated rings. The van der Waals surface area contributed by atoms with Crippen molar-refractivity contribution in [3.63, 3.8) is 0 Å². The second kappa shape index (κ2) is 7.12. The Morgan fingerprint density at radius 1 is 1.27 bits per heavy atom. The summed E-state index contributed by atoms with van der Waals surface area (Å²) in [6.07, 6.45) is 3.87. The minimum absolute atomic E-state index is 0.0671. The van der Waals surface area contributed by atoms with Crippen molar-refractivity contribution in [1.29, 1.82) is 0 Å². The van der Waals surface area contributed by atoms with Gasteiger partial charge in [0.25, 0.3) is 5.92 Å². The maximum absolute atomic E-state index is 13.4. The number of aliphatic hydroxyl groups excluding tert-OH is 1. The maximum atomic E-state index is 13.4. The van der Waals surface area contributed by atoms with E-state index in [0.29, 0.717) is 16.9 Å². The van der Waals surface area contributed by atoms with Crippen LogP contribution in [-0.2, 0) is 12.5 Å². The fourth-order valence-electron chi connectivity index (χ4n) is 2.17. The van der Waals surface area contributed by atoms with Crippen LogP contribution in [0.15, 0.2) is 42.9 Å². The first-order chi connectivity index (χ1) is 12.3. The number of rotatable bonds is 6. The van der Waals surface area contributed by atoms with Gasteiger partial charge in [-0.1, -0.05) is 17.3 Å². The van der Waals surface area contributed by atoms with Crippen LogP contribution in [-0.4, -0.2) is 30.1 Å². The van der Waals surface area contributed by atoms with Gasteiger partial charge in [0, 0.05) is 30.4 Å². The number of halogens is 2. The van der Waals surface area contributed by atoms with Crippen molar-refractivity contribution in [2.75, 3.05) is 0 Å². The Kier molecular flexibility index (Phi) is 4.90. The van der Waals surface area contributed by atoms with Crippen LogP contribution >= 0.6 is 0 Å². The number of aromatic nitrogens is 5. The molecule has 0 radical (unpaired) electrons. The predicted octanol–water partition coefficient (Wildman–Crippen LogP) is 2.80. The van der Waals surface area contributed by atoms with Crippen LogP contribution < -0.4 is 4.74 Å². The van der Waals surface area contributed by atoms with Gasteiger partial charge >= 0.3 is 6.01 Å². The molecule has 26 heavy (non-hydrogen) atoms. The summed E-state index contributed by atoms with van der Waals surface area (Å²) in [4.78, 5) is 7.97. The number of ether oxygens (including phenoxy) is 1. The molecule has 0 bridgehead atoms. The van der Waals surface area contributed by atoms with Crippen LogP contribution in [0.1, 0.15) is 36.8 Å². The zero-order chi connectivity index (χ0) is 18.7. The number of hydrogen-bond acceptors (Lipinski definition) is 6. The fraction of sp³-hybridized carbons (Fsp3) is 0.294. The van der Waals surface area contributed by atoms with Gasteiger partial charge in [-0.05, 0) is 19.1 Å². The quantitative estimate of drug-likeness (QED) is 0.727. The van der Waals surface area contributed by atoms with Crippen LogP contribution in [0.5, 0.6) is 6.01 Å². The third-order valence-electron chi connectivity index (χ3n) is 3.64. The molecule has 7 nitrogen and oxygen atoms in total. The molecule has 2 heterocycles. The molecule has 0 saturated heterocycles. The average Bonchev–Trinajstić information content (AvgIpc) is 3.09. The number of hydrogen-bond donors (Lipinski definition) is 1. The lowest BCUT2D eigenvalue weighted by molar-refractivity contribution is 0.0174. The topological polar surface area (TPSA) is 86.0 Å². The van der Waals surface area contributed by atoms with Gasteiger partial charge in [-0.25, -0.2) is 23.4 Å². The molecule has 0 aliphatic rings. The minimum atomic E-state index is -2.93. The van der Waals surface area contributed by atoms with Crippen LogP contribution in [0.4, 0.5) is 8.78 Å². The number of benzene rings is 1. The Morgan fingerprint density at radius 3 is 2.65 bits per heavy atom. The van der Waals surface area contributed by atoms with Crippen molar-refractivity contribution in [3.05, 3.63) is 59.7 Å². The second-order valence-electron chi connectivity index (χ2n) is 5.86. The summed E-state index contributed by atoms with van der Waals surface area (Å²) < 4.78 is 33.7. The fourth-order valence-corrected chi connectivity index (χ4v) is 2.17. The first-order valence-corrected chi connectivity index (χ1v) is 7.85. The van der Waals surface area contributed by atoms with Crippen molar-refractivity contribution in [2.24, 2.45) is 0 Å². The molecule has 136 valence electrons. The second-order valence-corrected chi connectivity index (χ2v) is 5.86. The van der Waals surface area contributed by atoms with E-state index < -0.39 is 12.0 Å². The van der Waals surface area contributed by atoms with Gasteiger partial charge in [0.1, 0.15) is 12.3 Å². The van der Waals surface area contributed by atoms with E-state index in [1.54, 1.807) is 19.2 Å². The highest BCUT2D eigenvalue weighted by Crippen LogP contribution is 2.28. The molecule has 0 spiro atoms. The van der Waals surface area contributed by atoms with Crippen molar-refractivity contribution < 1.29 is 18.6 Å². The summed E-state index contributed by atoms with van der Waals surface area (Å²) in [6, 6.07) is 6.05. The van der Waals surface area contributed by atoms with E-state index in [-0.39, 0.29) is 18.2 Å². The number of aliphatic hydroxyl groups is 1. The third kappa shape index (κ3) is 4.17. The van der Waals surface area contributed by atoms with Gasteiger partial charge in [-0.15, -0.1) is 5.10 Å². The number of alkyl halides is 2. The summed E-state index contributed by atoms with van der Waals surface area (Å²) in [7, 11) is 0. The van der Waals surface area contributed by atoms with Crippen molar-refractivity contribution in [1.82, 2.24) is 25.0 Å². The molecule has 1 aromatic carbocycles. The van der Waals surface area contributed by atoms with Gasteiger partial charge in [0.15, 0.2) is 0 Å². The highest BCUT2D eigenvalue weighted by Gasteiger charge is 2.24. The van der Waals surface area contributed by atoms with E-state index >= 15 is 0 Å². The molecule has 9 heteroatoms. The van der Waals surface area contributed by atoms with Crippen molar-refractivity contribution in [2.45, 2.75) is 32.5 Å². The van der Waals surface area contributed by atoms with E-state index in [4.69, 9.17) is 4.74 Å². The average molecular weight is 361 g/mol. The minimum Gasteiger partial charge on any atom is -0.457 e. The van der Waals surface area contributed by atoms with Gasteiger partial charge < -0.3 is 9.84 Å². The lowest BCUT2D eigenvalue weighted by Gasteiger charge is -2.11. The highest BCUT2D eigenvalue weighted by atomic mass is 19.3. The zero-order valence-corrected chi connectivity index (χ0v) is 14.2. The molecule has 0 aliphatic carbocycles. The molecule has 0 amide bonds. The first-order valence-electron chi connectivity index (χ1n) is 7.85. The molecular weight excluding hydrogens is 344 g/mol. The van der Waals surface area contributed by atoms with Crippen LogP contribution in [0.25, 0.3) is 5.69 Å². The molecule has 1 N–H and O–H groups in total. The number of nitrogens with zero attached hydrogens (tertiary/aromatic N) is 5. The monoisotopic (exact) mass is 361 g/mol.